The molecule has 18 heavy (non-hydrogen) atoms. The van der Waals surface area contributed by atoms with Crippen LogP contribution in [-0.2, 0) is 4.79 Å². The number of hydrogen-bond acceptors (Lipinski definition) is 4. The van der Waals surface area contributed by atoms with E-state index < -0.39 is 6.17 Å². The number of ether oxygens (including phenoxy) is 1. The average molecular weight is 251 g/mol. The first-order chi connectivity index (χ1) is 8.63. The molecule has 0 radical (unpaired) electrons. The lowest BCUT2D eigenvalue weighted by Crippen LogP contribution is -2.06. The van der Waals surface area contributed by atoms with Crippen molar-refractivity contribution in [3.8, 4) is 5.88 Å². The molecule has 0 spiro atoms. The van der Waals surface area contributed by atoms with Crippen LogP contribution in [0.3, 0.4) is 0 Å². The van der Waals surface area contributed by atoms with Crippen molar-refractivity contribution in [2.24, 2.45) is 5.92 Å². The van der Waals surface area contributed by atoms with Crippen LogP contribution in [0.4, 0.5) is 4.39 Å². The highest BCUT2D eigenvalue weighted by Crippen LogP contribution is 2.30. The van der Waals surface area contributed by atoms with Gasteiger partial charge in [0.2, 0.25) is 5.88 Å². The van der Waals surface area contributed by atoms with E-state index in [1.54, 1.807) is 0 Å². The molecule has 2 aromatic heterocycles. The average Bonchev–Trinajstić information content (AvgIpc) is 2.79. The Hall–Kier alpha value is -1.98. The number of alkyl halides is 1. The molecule has 0 aliphatic rings. The Morgan fingerprint density at radius 1 is 1.50 bits per heavy atom. The van der Waals surface area contributed by atoms with Gasteiger partial charge in [0.15, 0.2) is 12.5 Å². The number of hydrogen-bond donors (Lipinski definition) is 1. The molecule has 0 aliphatic carbocycles. The minimum absolute atomic E-state index is 0.208. The van der Waals surface area contributed by atoms with Crippen LogP contribution >= 0.6 is 0 Å². The molecule has 0 aliphatic heterocycles. The lowest BCUT2D eigenvalue weighted by Gasteiger charge is -2.09. The highest BCUT2D eigenvalue weighted by atomic mass is 19.1. The van der Waals surface area contributed by atoms with E-state index >= 15 is 0 Å². The molecule has 0 amide bonds. The normalized spacial score (nSPS) is 12.9. The fourth-order valence-corrected chi connectivity index (χ4v) is 1.60. The predicted octanol–water partition coefficient (Wildman–Crippen LogP) is 2.20. The minimum atomic E-state index is -1.70. The number of fused-ring (bicyclic) bond motifs is 1. The molecule has 96 valence electrons. The third-order valence-electron chi connectivity index (χ3n) is 2.44. The molecule has 0 saturated heterocycles. The fraction of sp³-hybridized carbons (Fsp3) is 0.417. The van der Waals surface area contributed by atoms with Gasteiger partial charge in [-0.2, -0.15) is 0 Å². The number of aldehydes is 1. The topological polar surface area (TPSA) is 67.9 Å². The van der Waals surface area contributed by atoms with E-state index in [2.05, 4.69) is 15.0 Å². The molecule has 1 N–H and O–H groups in total. The van der Waals surface area contributed by atoms with Gasteiger partial charge in [0.25, 0.3) is 0 Å². The van der Waals surface area contributed by atoms with Crippen molar-refractivity contribution < 1.29 is 13.9 Å². The Bertz CT molecular complexity index is 553. The van der Waals surface area contributed by atoms with Crippen molar-refractivity contribution in [3.63, 3.8) is 0 Å². The number of rotatable bonds is 5. The summed E-state index contributed by atoms with van der Waals surface area (Å²) >= 11 is 0. The van der Waals surface area contributed by atoms with Gasteiger partial charge in [0.1, 0.15) is 12.0 Å². The van der Waals surface area contributed by atoms with Gasteiger partial charge < -0.3 is 9.72 Å². The van der Waals surface area contributed by atoms with Crippen LogP contribution in [0.25, 0.3) is 11.0 Å². The molecule has 6 heteroatoms. The summed E-state index contributed by atoms with van der Waals surface area (Å²) in [5.41, 5.74) is 0.669. The highest BCUT2D eigenvalue weighted by molar-refractivity contribution is 5.87. The summed E-state index contributed by atoms with van der Waals surface area (Å²) in [6.45, 7) is 4.47. The van der Waals surface area contributed by atoms with E-state index in [1.165, 1.54) is 12.5 Å². The van der Waals surface area contributed by atoms with Crippen molar-refractivity contribution in [2.75, 3.05) is 6.61 Å². The number of H-pyrrole nitrogens is 1. The van der Waals surface area contributed by atoms with Crippen LogP contribution in [0.2, 0.25) is 0 Å². The van der Waals surface area contributed by atoms with Crippen molar-refractivity contribution in [1.29, 1.82) is 0 Å². The van der Waals surface area contributed by atoms with E-state index in [4.69, 9.17) is 4.74 Å². The molecule has 1 unspecified atom stereocenters. The van der Waals surface area contributed by atoms with Crippen molar-refractivity contribution in [2.45, 2.75) is 20.0 Å². The Labute approximate surface area is 103 Å². The van der Waals surface area contributed by atoms with E-state index in [0.717, 1.165) is 0 Å². The number of carbonyl (C=O) groups is 1. The number of carbonyl (C=O) groups excluding carboxylic acids is 1. The summed E-state index contributed by atoms with van der Waals surface area (Å²) in [5, 5.41) is 0.428. The summed E-state index contributed by atoms with van der Waals surface area (Å²) in [7, 11) is 0. The second-order valence-corrected chi connectivity index (χ2v) is 4.39. The lowest BCUT2D eigenvalue weighted by atomic mass is 10.1. The number of aromatic nitrogens is 3. The molecule has 2 heterocycles. The molecule has 2 aromatic rings. The first-order valence-electron chi connectivity index (χ1n) is 5.67. The number of nitrogens with zero attached hydrogens (tertiary/aromatic N) is 2. The van der Waals surface area contributed by atoms with Crippen LogP contribution in [0.5, 0.6) is 5.88 Å². The van der Waals surface area contributed by atoms with Gasteiger partial charge in [0.05, 0.1) is 12.0 Å². The second-order valence-electron chi connectivity index (χ2n) is 4.39. The molecule has 0 bridgehead atoms. The Morgan fingerprint density at radius 2 is 2.28 bits per heavy atom. The monoisotopic (exact) mass is 251 g/mol. The van der Waals surface area contributed by atoms with E-state index in [0.29, 0.717) is 29.4 Å². The summed E-state index contributed by atoms with van der Waals surface area (Å²) < 4.78 is 19.0. The zero-order valence-electron chi connectivity index (χ0n) is 10.2. The van der Waals surface area contributed by atoms with E-state index in [9.17, 15) is 9.18 Å². The summed E-state index contributed by atoms with van der Waals surface area (Å²) in [5.74, 6) is 0.624. The number of nitrogens with one attached hydrogen (secondary N) is 1. The van der Waals surface area contributed by atoms with Crippen molar-refractivity contribution in [1.82, 2.24) is 15.0 Å². The van der Waals surface area contributed by atoms with E-state index in [1.807, 2.05) is 13.8 Å². The van der Waals surface area contributed by atoms with Crippen LogP contribution < -0.4 is 4.74 Å². The van der Waals surface area contributed by atoms with E-state index in [-0.39, 0.29) is 11.8 Å². The summed E-state index contributed by atoms with van der Waals surface area (Å²) in [6, 6.07) is 0. The maximum Gasteiger partial charge on any atom is 0.226 e. The fourth-order valence-electron chi connectivity index (χ4n) is 1.60. The third-order valence-corrected chi connectivity index (χ3v) is 2.44. The largest absolute Gasteiger partial charge is 0.477 e. The first kappa shape index (κ1) is 12.5. The van der Waals surface area contributed by atoms with Gasteiger partial charge in [-0.1, -0.05) is 13.8 Å². The van der Waals surface area contributed by atoms with Crippen molar-refractivity contribution >= 4 is 17.3 Å². The lowest BCUT2D eigenvalue weighted by molar-refractivity contribution is -0.112. The maximum atomic E-state index is 13.5. The molecular weight excluding hydrogens is 237 g/mol. The van der Waals surface area contributed by atoms with Gasteiger partial charge in [-0.15, -0.1) is 0 Å². The maximum absolute atomic E-state index is 13.5. The van der Waals surface area contributed by atoms with Gasteiger partial charge in [-0.3, -0.25) is 4.79 Å². The highest BCUT2D eigenvalue weighted by Gasteiger charge is 2.19. The van der Waals surface area contributed by atoms with Gasteiger partial charge >= 0.3 is 0 Å². The Morgan fingerprint density at radius 3 is 2.94 bits per heavy atom. The smallest absolute Gasteiger partial charge is 0.226 e. The van der Waals surface area contributed by atoms with Crippen LogP contribution in [0, 0.1) is 5.92 Å². The molecule has 5 nitrogen and oxygen atoms in total. The molecule has 1 atom stereocenters. The predicted molar refractivity (Wildman–Crippen MR) is 64.1 cm³/mol. The van der Waals surface area contributed by atoms with Crippen LogP contribution in [0.1, 0.15) is 25.6 Å². The molecule has 2 rings (SSSR count). The van der Waals surface area contributed by atoms with Crippen LogP contribution in [0.15, 0.2) is 12.5 Å². The van der Waals surface area contributed by atoms with Crippen molar-refractivity contribution in [3.05, 3.63) is 18.1 Å². The van der Waals surface area contributed by atoms with Gasteiger partial charge in [0, 0.05) is 11.8 Å². The van der Waals surface area contributed by atoms with Gasteiger partial charge in [-0.25, -0.2) is 14.4 Å². The molecule has 0 saturated carbocycles. The Balaban J connectivity index is 2.45. The SMILES string of the molecule is CC(C)COc1ncnc2[nH]cc(C(F)C=O)c12. The number of aromatic amines is 1. The standard InChI is InChI=1S/C12H14FN3O2/c1-7(2)5-18-12-10-8(9(13)4-17)3-14-11(10)15-6-16-12/h3-4,6-7,9H,5H2,1-2H3,(H,14,15,16). The molecule has 0 fully saturated rings. The zero-order chi connectivity index (χ0) is 13.1. The third kappa shape index (κ3) is 2.32. The van der Waals surface area contributed by atoms with Gasteiger partial charge in [-0.05, 0) is 5.92 Å². The summed E-state index contributed by atoms with van der Waals surface area (Å²) in [4.78, 5) is 21.3. The zero-order valence-corrected chi connectivity index (χ0v) is 10.2. The van der Waals surface area contributed by atoms with Crippen LogP contribution in [-0.4, -0.2) is 27.8 Å². The number of halogens is 1. The first-order valence-corrected chi connectivity index (χ1v) is 5.67. The minimum Gasteiger partial charge on any atom is -0.477 e. The second kappa shape index (κ2) is 5.12. The molecular formula is C12H14FN3O2. The Kier molecular flexibility index (Phi) is 3.55. The quantitative estimate of drug-likeness (QED) is 0.827. The molecule has 0 aromatic carbocycles. The summed E-state index contributed by atoms with van der Waals surface area (Å²) in [6.07, 6.45) is 1.29.